The van der Waals surface area contributed by atoms with E-state index in [1.165, 1.54) is 12.3 Å². The number of rotatable bonds is 3. The maximum absolute atomic E-state index is 11.9. The molecule has 3 N–H and O–H groups in total. The molecule has 1 amide bonds. The van der Waals surface area contributed by atoms with E-state index in [0.29, 0.717) is 11.5 Å². The fourth-order valence-electron chi connectivity index (χ4n) is 1.40. The molecular weight excluding hydrogens is 256 g/mol. The summed E-state index contributed by atoms with van der Waals surface area (Å²) in [6.45, 7) is 2.04. The molecule has 2 aromatic heterocycles. The predicted molar refractivity (Wildman–Crippen MR) is 66.1 cm³/mol. The standard InChI is InChI=1S/C11H11ClN4O2/c1-6-2-7(16-18-6)4-15-11(17)8-3-10(13)14-5-9(8)12/h2-3,5H,4H2,1H3,(H2,13,14)(H,15,17). The molecule has 0 aliphatic heterocycles. The van der Waals surface area contributed by atoms with Gasteiger partial charge in [-0.15, -0.1) is 0 Å². The third-order valence-electron chi connectivity index (χ3n) is 2.23. The number of carbonyl (C=O) groups is 1. The molecule has 0 aliphatic rings. The number of halogens is 1. The third-order valence-corrected chi connectivity index (χ3v) is 2.53. The molecule has 2 aromatic rings. The topological polar surface area (TPSA) is 94.0 Å². The molecule has 2 heterocycles. The molecule has 18 heavy (non-hydrogen) atoms. The summed E-state index contributed by atoms with van der Waals surface area (Å²) in [5.41, 5.74) is 6.42. The lowest BCUT2D eigenvalue weighted by Crippen LogP contribution is -2.23. The number of amides is 1. The Morgan fingerprint density at radius 3 is 3.00 bits per heavy atom. The molecule has 2 rings (SSSR count). The first-order valence-corrected chi connectivity index (χ1v) is 5.55. The lowest BCUT2D eigenvalue weighted by atomic mass is 10.2. The summed E-state index contributed by atoms with van der Waals surface area (Å²) in [6.07, 6.45) is 1.34. The van der Waals surface area contributed by atoms with E-state index in [2.05, 4.69) is 15.5 Å². The van der Waals surface area contributed by atoms with E-state index in [-0.39, 0.29) is 28.9 Å². The summed E-state index contributed by atoms with van der Waals surface area (Å²) in [7, 11) is 0. The Kier molecular flexibility index (Phi) is 3.47. The van der Waals surface area contributed by atoms with Gasteiger partial charge in [-0.05, 0) is 13.0 Å². The predicted octanol–water partition coefficient (Wildman–Crippen LogP) is 1.54. The van der Waals surface area contributed by atoms with Crippen LogP contribution in [0.15, 0.2) is 22.9 Å². The monoisotopic (exact) mass is 266 g/mol. The van der Waals surface area contributed by atoms with E-state index in [4.69, 9.17) is 21.9 Å². The van der Waals surface area contributed by atoms with Crippen molar-refractivity contribution in [2.75, 3.05) is 5.73 Å². The van der Waals surface area contributed by atoms with Crippen molar-refractivity contribution in [2.24, 2.45) is 0 Å². The fraction of sp³-hybridized carbons (Fsp3) is 0.182. The van der Waals surface area contributed by atoms with E-state index in [0.717, 1.165) is 0 Å². The normalized spacial score (nSPS) is 10.3. The van der Waals surface area contributed by atoms with E-state index < -0.39 is 0 Å². The smallest absolute Gasteiger partial charge is 0.253 e. The number of hydrogen-bond acceptors (Lipinski definition) is 5. The van der Waals surface area contributed by atoms with Crippen LogP contribution in [0.4, 0.5) is 5.82 Å². The maximum Gasteiger partial charge on any atom is 0.253 e. The van der Waals surface area contributed by atoms with Crippen molar-refractivity contribution < 1.29 is 9.32 Å². The van der Waals surface area contributed by atoms with Gasteiger partial charge in [-0.2, -0.15) is 0 Å². The van der Waals surface area contributed by atoms with E-state index in [9.17, 15) is 4.79 Å². The van der Waals surface area contributed by atoms with Crippen LogP contribution in [0.1, 0.15) is 21.8 Å². The zero-order valence-electron chi connectivity index (χ0n) is 9.61. The summed E-state index contributed by atoms with van der Waals surface area (Å²) in [5, 5.41) is 6.68. The van der Waals surface area contributed by atoms with E-state index in [1.54, 1.807) is 13.0 Å². The number of nitrogens with two attached hydrogens (primary N) is 1. The van der Waals surface area contributed by atoms with Crippen molar-refractivity contribution >= 4 is 23.3 Å². The number of aryl methyl sites for hydroxylation is 1. The highest BCUT2D eigenvalue weighted by Gasteiger charge is 2.12. The summed E-state index contributed by atoms with van der Waals surface area (Å²) in [6, 6.07) is 3.16. The molecule has 0 bridgehead atoms. The van der Waals surface area contributed by atoms with Gasteiger partial charge in [0.05, 0.1) is 17.1 Å². The van der Waals surface area contributed by atoms with Gasteiger partial charge in [-0.25, -0.2) is 4.98 Å². The van der Waals surface area contributed by atoms with Gasteiger partial charge in [0.25, 0.3) is 5.91 Å². The first kappa shape index (κ1) is 12.4. The molecule has 0 spiro atoms. The van der Waals surface area contributed by atoms with Gasteiger partial charge in [-0.3, -0.25) is 4.79 Å². The minimum absolute atomic E-state index is 0.238. The largest absolute Gasteiger partial charge is 0.384 e. The van der Waals surface area contributed by atoms with Crippen molar-refractivity contribution in [3.8, 4) is 0 Å². The van der Waals surface area contributed by atoms with Crippen molar-refractivity contribution in [3.05, 3.63) is 40.4 Å². The molecule has 0 saturated heterocycles. The van der Waals surface area contributed by atoms with Crippen LogP contribution >= 0.6 is 11.6 Å². The minimum atomic E-state index is -0.338. The summed E-state index contributed by atoms with van der Waals surface area (Å²) in [4.78, 5) is 15.6. The molecule has 0 fully saturated rings. The van der Waals surface area contributed by atoms with Crippen LogP contribution in [-0.2, 0) is 6.54 Å². The highest BCUT2D eigenvalue weighted by Crippen LogP contribution is 2.16. The summed E-state index contributed by atoms with van der Waals surface area (Å²) < 4.78 is 4.89. The summed E-state index contributed by atoms with van der Waals surface area (Å²) >= 11 is 5.86. The second kappa shape index (κ2) is 5.05. The van der Waals surface area contributed by atoms with Gasteiger partial charge in [-0.1, -0.05) is 16.8 Å². The molecule has 0 aromatic carbocycles. The lowest BCUT2D eigenvalue weighted by Gasteiger charge is -2.05. The SMILES string of the molecule is Cc1cc(CNC(=O)c2cc(N)ncc2Cl)no1. The van der Waals surface area contributed by atoms with Gasteiger partial charge in [0, 0.05) is 12.3 Å². The molecule has 0 atom stereocenters. The molecule has 0 saturated carbocycles. The van der Waals surface area contributed by atoms with Crippen LogP contribution in [0, 0.1) is 6.92 Å². The summed E-state index contributed by atoms with van der Waals surface area (Å²) in [5.74, 6) is 0.585. The Morgan fingerprint density at radius 1 is 1.56 bits per heavy atom. The highest BCUT2D eigenvalue weighted by atomic mass is 35.5. The minimum Gasteiger partial charge on any atom is -0.384 e. The Hall–Kier alpha value is -2.08. The zero-order valence-corrected chi connectivity index (χ0v) is 10.4. The quantitative estimate of drug-likeness (QED) is 0.879. The molecule has 0 radical (unpaired) electrons. The van der Waals surface area contributed by atoms with Gasteiger partial charge in [0.2, 0.25) is 0 Å². The Balaban J connectivity index is 2.05. The van der Waals surface area contributed by atoms with Gasteiger partial charge in [0.1, 0.15) is 17.3 Å². The second-order valence-corrected chi connectivity index (χ2v) is 4.11. The highest BCUT2D eigenvalue weighted by molar-refractivity contribution is 6.33. The van der Waals surface area contributed by atoms with Crippen LogP contribution in [0.25, 0.3) is 0 Å². The molecule has 0 aliphatic carbocycles. The van der Waals surface area contributed by atoms with Crippen molar-refractivity contribution in [2.45, 2.75) is 13.5 Å². The van der Waals surface area contributed by atoms with Crippen LogP contribution < -0.4 is 11.1 Å². The molecule has 0 unspecified atom stereocenters. The molecular formula is C11H11ClN4O2. The maximum atomic E-state index is 11.9. The van der Waals surface area contributed by atoms with Crippen LogP contribution in [-0.4, -0.2) is 16.0 Å². The van der Waals surface area contributed by atoms with E-state index >= 15 is 0 Å². The van der Waals surface area contributed by atoms with Crippen LogP contribution in [0.5, 0.6) is 0 Å². The number of anilines is 1. The molecule has 94 valence electrons. The first-order chi connectivity index (χ1) is 8.56. The zero-order chi connectivity index (χ0) is 13.1. The fourth-order valence-corrected chi connectivity index (χ4v) is 1.59. The van der Waals surface area contributed by atoms with E-state index in [1.807, 2.05) is 0 Å². The number of nitrogens with one attached hydrogen (secondary N) is 1. The van der Waals surface area contributed by atoms with Gasteiger partial charge in [0.15, 0.2) is 0 Å². The van der Waals surface area contributed by atoms with Crippen molar-refractivity contribution in [1.29, 1.82) is 0 Å². The Labute approximate surface area is 108 Å². The number of pyridine rings is 1. The number of nitrogen functional groups attached to an aromatic ring is 1. The Morgan fingerprint density at radius 2 is 2.33 bits per heavy atom. The van der Waals surface area contributed by atoms with Gasteiger partial charge >= 0.3 is 0 Å². The van der Waals surface area contributed by atoms with Crippen molar-refractivity contribution in [3.63, 3.8) is 0 Å². The Bertz CT molecular complexity index is 582. The lowest BCUT2D eigenvalue weighted by molar-refractivity contribution is 0.0950. The third kappa shape index (κ3) is 2.78. The molecule has 7 heteroatoms. The number of carbonyl (C=O) groups excluding carboxylic acids is 1. The number of hydrogen-bond donors (Lipinski definition) is 2. The number of aromatic nitrogens is 2. The number of nitrogens with zero attached hydrogens (tertiary/aromatic N) is 2. The molecule has 6 nitrogen and oxygen atoms in total. The average Bonchev–Trinajstić information content (AvgIpc) is 2.75. The second-order valence-electron chi connectivity index (χ2n) is 3.70. The first-order valence-electron chi connectivity index (χ1n) is 5.17. The van der Waals surface area contributed by atoms with Crippen molar-refractivity contribution in [1.82, 2.24) is 15.5 Å². The average molecular weight is 267 g/mol. The van der Waals surface area contributed by atoms with Crippen LogP contribution in [0.2, 0.25) is 5.02 Å². The van der Waals surface area contributed by atoms with Crippen LogP contribution in [0.3, 0.4) is 0 Å². The van der Waals surface area contributed by atoms with Gasteiger partial charge < -0.3 is 15.6 Å².